The van der Waals surface area contributed by atoms with Gasteiger partial charge in [0.05, 0.1) is 23.7 Å². The maximum absolute atomic E-state index is 12.4. The van der Waals surface area contributed by atoms with Crippen LogP contribution in [-0.4, -0.2) is 27.2 Å². The number of para-hydroxylation sites is 1. The van der Waals surface area contributed by atoms with E-state index in [0.29, 0.717) is 17.8 Å². The lowest BCUT2D eigenvalue weighted by Gasteiger charge is -2.13. The largest absolute Gasteiger partial charge is 0.465 e. The Morgan fingerprint density at radius 2 is 1.91 bits per heavy atom. The first kappa shape index (κ1) is 21.4. The van der Waals surface area contributed by atoms with Crippen LogP contribution in [0.4, 0.5) is 0 Å². The molecule has 2 heterocycles. The number of aromatic nitrogens is 3. The molecule has 2 aromatic heterocycles. The summed E-state index contributed by atoms with van der Waals surface area (Å²) in [6.45, 7) is 4.74. The molecule has 0 amide bonds. The van der Waals surface area contributed by atoms with Crippen LogP contribution < -0.4 is 0 Å². The Hall–Kier alpha value is -3.85. The van der Waals surface area contributed by atoms with Gasteiger partial charge in [0.2, 0.25) is 0 Å². The van der Waals surface area contributed by atoms with E-state index in [1.807, 2.05) is 47.9 Å². The lowest BCUT2D eigenvalue weighted by atomic mass is 10.1. The van der Waals surface area contributed by atoms with Crippen LogP contribution in [0.1, 0.15) is 52.9 Å². The molecule has 0 aliphatic heterocycles. The van der Waals surface area contributed by atoms with Crippen molar-refractivity contribution in [3.8, 4) is 11.8 Å². The summed E-state index contributed by atoms with van der Waals surface area (Å²) < 4.78 is 9.10. The van der Waals surface area contributed by atoms with Crippen LogP contribution >= 0.6 is 0 Å². The van der Waals surface area contributed by atoms with E-state index < -0.39 is 0 Å². The predicted molar refractivity (Wildman–Crippen MR) is 124 cm³/mol. The molecule has 0 N–H and O–H groups in total. The Labute approximate surface area is 187 Å². The number of nitrogens with zero attached hydrogens (tertiary/aromatic N) is 4. The summed E-state index contributed by atoms with van der Waals surface area (Å²) in [6, 6.07) is 19.8. The van der Waals surface area contributed by atoms with Gasteiger partial charge < -0.3 is 13.9 Å². The second-order valence-corrected chi connectivity index (χ2v) is 7.86. The fraction of sp³-hybridized carbons (Fsp3) is 0.269. The van der Waals surface area contributed by atoms with Gasteiger partial charge in [0.25, 0.3) is 0 Å². The molecular formula is C26H26N4O2. The molecule has 6 nitrogen and oxygen atoms in total. The molecule has 0 saturated carbocycles. The summed E-state index contributed by atoms with van der Waals surface area (Å²) in [4.78, 5) is 17.3. The molecule has 4 aromatic rings. The highest BCUT2D eigenvalue weighted by Gasteiger charge is 2.19. The van der Waals surface area contributed by atoms with Crippen molar-refractivity contribution in [1.82, 2.24) is 14.1 Å². The Morgan fingerprint density at radius 3 is 2.59 bits per heavy atom. The van der Waals surface area contributed by atoms with E-state index in [1.54, 1.807) is 6.07 Å². The standard InChI is InChI=1S/C26H26N4O2/c1-4-5-9-24-28-23-8-6-7-22(26(31)32-3)25(23)29(24)17-19-11-14-20(15-12-19)30-18(2)10-13-21(30)16-27/h6-8,10-15H,4-5,9,17H2,1-3H3. The lowest BCUT2D eigenvalue weighted by molar-refractivity contribution is 0.0602. The number of esters is 1. The Bertz CT molecular complexity index is 1310. The van der Waals surface area contributed by atoms with Crippen molar-refractivity contribution in [2.45, 2.75) is 39.7 Å². The quantitative estimate of drug-likeness (QED) is 0.382. The van der Waals surface area contributed by atoms with Crippen LogP contribution in [0.3, 0.4) is 0 Å². The predicted octanol–water partition coefficient (Wildman–Crippen LogP) is 5.18. The number of fused-ring (bicyclic) bond motifs is 1. The van der Waals surface area contributed by atoms with Crippen LogP contribution in [0, 0.1) is 18.3 Å². The van der Waals surface area contributed by atoms with Crippen LogP contribution in [-0.2, 0) is 17.7 Å². The second kappa shape index (κ2) is 9.11. The van der Waals surface area contributed by atoms with Crippen LogP contribution in [0.5, 0.6) is 0 Å². The number of hydrogen-bond acceptors (Lipinski definition) is 4. The number of nitriles is 1. The molecule has 0 saturated heterocycles. The summed E-state index contributed by atoms with van der Waals surface area (Å²) in [7, 11) is 1.40. The molecular weight excluding hydrogens is 400 g/mol. The van der Waals surface area contributed by atoms with Crippen molar-refractivity contribution in [1.29, 1.82) is 5.26 Å². The highest BCUT2D eigenvalue weighted by molar-refractivity contribution is 6.02. The number of imidazole rings is 1. The average Bonchev–Trinajstić information content (AvgIpc) is 3.37. The summed E-state index contributed by atoms with van der Waals surface area (Å²) in [5.41, 5.74) is 5.80. The molecule has 6 heteroatoms. The van der Waals surface area contributed by atoms with E-state index in [-0.39, 0.29) is 5.97 Å². The van der Waals surface area contributed by atoms with E-state index in [4.69, 9.17) is 9.72 Å². The van der Waals surface area contributed by atoms with Gasteiger partial charge in [-0.3, -0.25) is 0 Å². The number of aryl methyl sites for hydroxylation is 2. The summed E-state index contributed by atoms with van der Waals surface area (Å²) in [5, 5.41) is 9.39. The molecule has 0 atom stereocenters. The SMILES string of the molecule is CCCCc1nc2cccc(C(=O)OC)c2n1Cc1ccc(-n2c(C)ccc2C#N)cc1. The summed E-state index contributed by atoms with van der Waals surface area (Å²) in [5.74, 6) is 0.608. The zero-order valence-corrected chi connectivity index (χ0v) is 18.6. The highest BCUT2D eigenvalue weighted by Crippen LogP contribution is 2.25. The van der Waals surface area contributed by atoms with Crippen molar-refractivity contribution in [3.63, 3.8) is 0 Å². The molecule has 32 heavy (non-hydrogen) atoms. The minimum Gasteiger partial charge on any atom is -0.465 e. The van der Waals surface area contributed by atoms with Crippen molar-refractivity contribution in [3.05, 3.63) is 82.9 Å². The first-order chi connectivity index (χ1) is 15.6. The number of carbonyl (C=O) groups excluding carboxylic acids is 1. The van der Waals surface area contributed by atoms with Gasteiger partial charge in [-0.05, 0) is 55.3 Å². The first-order valence-corrected chi connectivity index (χ1v) is 10.8. The Kier molecular flexibility index (Phi) is 6.09. The third-order valence-electron chi connectivity index (χ3n) is 5.73. The molecule has 4 rings (SSSR count). The molecule has 0 bridgehead atoms. The molecule has 162 valence electrons. The Balaban J connectivity index is 1.75. The minimum atomic E-state index is -0.360. The van der Waals surface area contributed by atoms with Crippen molar-refractivity contribution >= 4 is 17.0 Å². The van der Waals surface area contributed by atoms with E-state index in [1.165, 1.54) is 7.11 Å². The van der Waals surface area contributed by atoms with Crippen molar-refractivity contribution < 1.29 is 9.53 Å². The lowest BCUT2D eigenvalue weighted by Crippen LogP contribution is -2.09. The zero-order valence-electron chi connectivity index (χ0n) is 18.6. The van der Waals surface area contributed by atoms with Crippen LogP contribution in [0.2, 0.25) is 0 Å². The fourth-order valence-corrected chi connectivity index (χ4v) is 4.11. The van der Waals surface area contributed by atoms with Gasteiger partial charge in [-0.25, -0.2) is 9.78 Å². The molecule has 0 aliphatic carbocycles. The molecule has 0 radical (unpaired) electrons. The maximum Gasteiger partial charge on any atom is 0.340 e. The number of hydrogen-bond donors (Lipinski definition) is 0. The molecule has 0 aliphatic rings. The number of ether oxygens (including phenoxy) is 1. The molecule has 0 spiro atoms. The van der Waals surface area contributed by atoms with Gasteiger partial charge in [0.1, 0.15) is 17.6 Å². The van der Waals surface area contributed by atoms with Gasteiger partial charge in [-0.2, -0.15) is 5.26 Å². The summed E-state index contributed by atoms with van der Waals surface area (Å²) in [6.07, 6.45) is 2.94. The van der Waals surface area contributed by atoms with E-state index >= 15 is 0 Å². The number of rotatable bonds is 7. The molecule has 0 fully saturated rings. The topological polar surface area (TPSA) is 72.8 Å². The van der Waals surface area contributed by atoms with Crippen LogP contribution in [0.25, 0.3) is 16.7 Å². The number of benzene rings is 2. The summed E-state index contributed by atoms with van der Waals surface area (Å²) >= 11 is 0. The highest BCUT2D eigenvalue weighted by atomic mass is 16.5. The average molecular weight is 427 g/mol. The van der Waals surface area contributed by atoms with Gasteiger partial charge in [-0.15, -0.1) is 0 Å². The van der Waals surface area contributed by atoms with Gasteiger partial charge in [0, 0.05) is 24.3 Å². The third kappa shape index (κ3) is 3.90. The molecule has 0 unspecified atom stereocenters. The number of methoxy groups -OCH3 is 1. The monoisotopic (exact) mass is 426 g/mol. The Morgan fingerprint density at radius 1 is 1.12 bits per heavy atom. The smallest absolute Gasteiger partial charge is 0.340 e. The van der Waals surface area contributed by atoms with Crippen LogP contribution in [0.15, 0.2) is 54.6 Å². The minimum absolute atomic E-state index is 0.360. The zero-order chi connectivity index (χ0) is 22.7. The third-order valence-corrected chi connectivity index (χ3v) is 5.73. The number of carbonyl (C=O) groups is 1. The maximum atomic E-state index is 12.4. The van der Waals surface area contributed by atoms with Gasteiger partial charge in [0.15, 0.2) is 0 Å². The van der Waals surface area contributed by atoms with E-state index in [2.05, 4.69) is 29.7 Å². The van der Waals surface area contributed by atoms with E-state index in [9.17, 15) is 10.1 Å². The van der Waals surface area contributed by atoms with Crippen molar-refractivity contribution in [2.75, 3.05) is 7.11 Å². The normalized spacial score (nSPS) is 10.9. The second-order valence-electron chi connectivity index (χ2n) is 7.86. The van der Waals surface area contributed by atoms with Gasteiger partial charge >= 0.3 is 5.97 Å². The molecule has 2 aromatic carbocycles. The van der Waals surface area contributed by atoms with Crippen molar-refractivity contribution in [2.24, 2.45) is 0 Å². The number of unbranched alkanes of at least 4 members (excludes halogenated alkanes) is 1. The van der Waals surface area contributed by atoms with Gasteiger partial charge in [-0.1, -0.05) is 31.5 Å². The van der Waals surface area contributed by atoms with E-state index in [0.717, 1.165) is 53.1 Å². The fourth-order valence-electron chi connectivity index (χ4n) is 4.11. The first-order valence-electron chi connectivity index (χ1n) is 10.8.